The lowest BCUT2D eigenvalue weighted by Gasteiger charge is -2.15. The molecule has 5 nitrogen and oxygen atoms in total. The number of amides is 2. The van der Waals surface area contributed by atoms with Crippen molar-refractivity contribution in [1.82, 2.24) is 15.2 Å². The van der Waals surface area contributed by atoms with E-state index in [-0.39, 0.29) is 18.4 Å². The summed E-state index contributed by atoms with van der Waals surface area (Å²) in [7, 11) is 0. The second-order valence-electron chi connectivity index (χ2n) is 4.13. The quantitative estimate of drug-likeness (QED) is 0.912. The number of hydrogen-bond donors (Lipinski definition) is 1. The van der Waals surface area contributed by atoms with Crippen LogP contribution in [0.1, 0.15) is 23.3 Å². The zero-order valence-electron chi connectivity index (χ0n) is 9.86. The molecule has 1 fully saturated rings. The standard InChI is InChI=1S/C12H14BrN3O2/c13-9-3-4-10(14-7-9)12(18)15-8-11(17)16-5-1-2-6-16/h3-4,7H,1-2,5-6,8H2,(H,15,18). The molecule has 0 unspecified atom stereocenters. The van der Waals surface area contributed by atoms with Gasteiger partial charge in [-0.25, -0.2) is 4.98 Å². The van der Waals surface area contributed by atoms with Gasteiger partial charge < -0.3 is 10.2 Å². The molecule has 2 heterocycles. The lowest BCUT2D eigenvalue weighted by atomic mass is 10.3. The molecule has 2 rings (SSSR count). The predicted molar refractivity (Wildman–Crippen MR) is 70.1 cm³/mol. The van der Waals surface area contributed by atoms with Crippen molar-refractivity contribution >= 4 is 27.7 Å². The fraction of sp³-hybridized carbons (Fsp3) is 0.417. The lowest BCUT2D eigenvalue weighted by Crippen LogP contribution is -2.38. The molecule has 1 aromatic rings. The van der Waals surface area contributed by atoms with E-state index in [9.17, 15) is 9.59 Å². The fourth-order valence-corrected chi connectivity index (χ4v) is 2.07. The minimum atomic E-state index is -0.324. The average molecular weight is 312 g/mol. The molecule has 1 aliphatic rings. The first-order chi connectivity index (χ1) is 8.66. The third kappa shape index (κ3) is 3.29. The zero-order chi connectivity index (χ0) is 13.0. The molecule has 0 aliphatic carbocycles. The van der Waals surface area contributed by atoms with E-state index in [1.165, 1.54) is 0 Å². The normalized spacial score (nSPS) is 14.6. The summed E-state index contributed by atoms with van der Waals surface area (Å²) < 4.78 is 0.812. The Balaban J connectivity index is 1.84. The summed E-state index contributed by atoms with van der Waals surface area (Å²) in [5, 5.41) is 2.59. The lowest BCUT2D eigenvalue weighted by molar-refractivity contribution is -0.129. The van der Waals surface area contributed by atoms with E-state index in [4.69, 9.17) is 0 Å². The van der Waals surface area contributed by atoms with Crippen molar-refractivity contribution in [2.45, 2.75) is 12.8 Å². The molecule has 1 aliphatic heterocycles. The highest BCUT2D eigenvalue weighted by molar-refractivity contribution is 9.10. The Labute approximate surface area is 114 Å². The number of halogens is 1. The Morgan fingerprint density at radius 3 is 2.67 bits per heavy atom. The second kappa shape index (κ2) is 5.95. The molecule has 6 heteroatoms. The molecular weight excluding hydrogens is 298 g/mol. The van der Waals surface area contributed by atoms with Crippen molar-refractivity contribution < 1.29 is 9.59 Å². The molecule has 0 bridgehead atoms. The number of nitrogens with one attached hydrogen (secondary N) is 1. The van der Waals surface area contributed by atoms with E-state index in [0.717, 1.165) is 30.4 Å². The van der Waals surface area contributed by atoms with Crippen molar-refractivity contribution in [3.63, 3.8) is 0 Å². The van der Waals surface area contributed by atoms with E-state index < -0.39 is 0 Å². The number of carbonyl (C=O) groups excluding carboxylic acids is 2. The van der Waals surface area contributed by atoms with Crippen molar-refractivity contribution in [1.29, 1.82) is 0 Å². The van der Waals surface area contributed by atoms with Crippen LogP contribution in [0, 0.1) is 0 Å². The number of likely N-dealkylation sites (tertiary alicyclic amines) is 1. The van der Waals surface area contributed by atoms with Gasteiger partial charge in [-0.2, -0.15) is 0 Å². The van der Waals surface area contributed by atoms with Gasteiger partial charge in [-0.15, -0.1) is 0 Å². The molecule has 18 heavy (non-hydrogen) atoms. The van der Waals surface area contributed by atoms with Crippen LogP contribution < -0.4 is 5.32 Å². The largest absolute Gasteiger partial charge is 0.342 e. The van der Waals surface area contributed by atoms with Gasteiger partial charge >= 0.3 is 0 Å². The van der Waals surface area contributed by atoms with Gasteiger partial charge in [-0.05, 0) is 40.9 Å². The van der Waals surface area contributed by atoms with Gasteiger partial charge in [0.15, 0.2) is 0 Å². The summed E-state index contributed by atoms with van der Waals surface area (Å²) in [5.41, 5.74) is 0.312. The Hall–Kier alpha value is -1.43. The highest BCUT2D eigenvalue weighted by Gasteiger charge is 2.18. The summed E-state index contributed by atoms with van der Waals surface area (Å²) in [5.74, 6) is -0.354. The van der Waals surface area contributed by atoms with Crippen molar-refractivity contribution in [3.05, 3.63) is 28.5 Å². The molecule has 0 atom stereocenters. The molecule has 0 radical (unpaired) electrons. The predicted octanol–water partition coefficient (Wildman–Crippen LogP) is 1.20. The molecule has 1 saturated heterocycles. The van der Waals surface area contributed by atoms with Gasteiger partial charge in [0.2, 0.25) is 5.91 Å². The van der Waals surface area contributed by atoms with Crippen LogP contribution in [0.3, 0.4) is 0 Å². The summed E-state index contributed by atoms with van der Waals surface area (Å²) in [4.78, 5) is 29.2. The van der Waals surface area contributed by atoms with Crippen LogP contribution in [0.25, 0.3) is 0 Å². The minimum Gasteiger partial charge on any atom is -0.342 e. The average Bonchev–Trinajstić information content (AvgIpc) is 2.90. The second-order valence-corrected chi connectivity index (χ2v) is 5.05. The van der Waals surface area contributed by atoms with E-state index in [1.807, 2.05) is 0 Å². The summed E-state index contributed by atoms with van der Waals surface area (Å²) in [6, 6.07) is 3.35. The molecule has 1 N–H and O–H groups in total. The van der Waals surface area contributed by atoms with Crippen LogP contribution in [0.15, 0.2) is 22.8 Å². The Bertz CT molecular complexity index is 441. The SMILES string of the molecule is O=C(NCC(=O)N1CCCC1)c1ccc(Br)cn1. The highest BCUT2D eigenvalue weighted by atomic mass is 79.9. The molecule has 96 valence electrons. The number of carbonyl (C=O) groups is 2. The first-order valence-electron chi connectivity index (χ1n) is 5.84. The molecule has 0 saturated carbocycles. The van der Waals surface area contributed by atoms with Crippen molar-refractivity contribution in [2.24, 2.45) is 0 Å². The van der Waals surface area contributed by atoms with Gasteiger partial charge in [-0.1, -0.05) is 0 Å². The van der Waals surface area contributed by atoms with Crippen LogP contribution in [0.5, 0.6) is 0 Å². The van der Waals surface area contributed by atoms with E-state index in [1.54, 1.807) is 23.2 Å². The van der Waals surface area contributed by atoms with Crippen LogP contribution in [-0.2, 0) is 4.79 Å². The van der Waals surface area contributed by atoms with Crippen LogP contribution in [-0.4, -0.2) is 41.3 Å². The first-order valence-corrected chi connectivity index (χ1v) is 6.63. The van der Waals surface area contributed by atoms with Crippen molar-refractivity contribution in [2.75, 3.05) is 19.6 Å². The van der Waals surface area contributed by atoms with Gasteiger partial charge in [-0.3, -0.25) is 9.59 Å². The fourth-order valence-electron chi connectivity index (χ4n) is 1.83. The maximum atomic E-state index is 11.7. The zero-order valence-corrected chi connectivity index (χ0v) is 11.4. The molecular formula is C12H14BrN3O2. The monoisotopic (exact) mass is 311 g/mol. The maximum absolute atomic E-state index is 11.7. The summed E-state index contributed by atoms with van der Waals surface area (Å²) in [6.07, 6.45) is 3.65. The van der Waals surface area contributed by atoms with Crippen LogP contribution in [0.2, 0.25) is 0 Å². The molecule has 0 aromatic carbocycles. The Morgan fingerprint density at radius 1 is 1.33 bits per heavy atom. The topological polar surface area (TPSA) is 62.3 Å². The van der Waals surface area contributed by atoms with Gasteiger partial charge in [0, 0.05) is 23.8 Å². The number of hydrogen-bond acceptors (Lipinski definition) is 3. The molecule has 2 amide bonds. The van der Waals surface area contributed by atoms with Crippen LogP contribution in [0.4, 0.5) is 0 Å². The first kappa shape index (κ1) is 13.0. The Kier molecular flexibility index (Phi) is 4.30. The third-order valence-corrected chi connectivity index (χ3v) is 3.29. The molecule has 1 aromatic heterocycles. The number of nitrogens with zero attached hydrogens (tertiary/aromatic N) is 2. The van der Waals surface area contributed by atoms with Gasteiger partial charge in [0.1, 0.15) is 5.69 Å². The van der Waals surface area contributed by atoms with Crippen molar-refractivity contribution in [3.8, 4) is 0 Å². The summed E-state index contributed by atoms with van der Waals surface area (Å²) >= 11 is 3.25. The highest BCUT2D eigenvalue weighted by Crippen LogP contribution is 2.08. The van der Waals surface area contributed by atoms with E-state index >= 15 is 0 Å². The van der Waals surface area contributed by atoms with E-state index in [0.29, 0.717) is 5.69 Å². The van der Waals surface area contributed by atoms with Gasteiger partial charge in [0.25, 0.3) is 5.91 Å². The smallest absolute Gasteiger partial charge is 0.270 e. The van der Waals surface area contributed by atoms with Gasteiger partial charge in [0.05, 0.1) is 6.54 Å². The van der Waals surface area contributed by atoms with E-state index in [2.05, 4.69) is 26.2 Å². The third-order valence-electron chi connectivity index (χ3n) is 2.82. The van der Waals surface area contributed by atoms with Crippen LogP contribution >= 0.6 is 15.9 Å². The number of aromatic nitrogens is 1. The minimum absolute atomic E-state index is 0.0297. The number of rotatable bonds is 3. The Morgan fingerprint density at radius 2 is 2.06 bits per heavy atom. The maximum Gasteiger partial charge on any atom is 0.270 e. The molecule has 0 spiro atoms. The number of pyridine rings is 1. The summed E-state index contributed by atoms with van der Waals surface area (Å²) in [6.45, 7) is 1.63.